The summed E-state index contributed by atoms with van der Waals surface area (Å²) in [5, 5.41) is 11.5. The first kappa shape index (κ1) is 84.2. The van der Waals surface area contributed by atoms with Gasteiger partial charge in [-0.25, -0.2) is 22.1 Å². The monoisotopic (exact) mass is 1660 g/mol. The highest BCUT2D eigenvalue weighted by molar-refractivity contribution is 9.11. The summed E-state index contributed by atoms with van der Waals surface area (Å²) in [4.78, 5) is 59.3. The normalized spacial score (nSPS) is 19.6. The number of carbonyl (C=O) groups excluding carboxylic acids is 5. The minimum atomic E-state index is -1.35. The summed E-state index contributed by atoms with van der Waals surface area (Å²) >= 11 is 10.2. The Labute approximate surface area is 630 Å². The van der Waals surface area contributed by atoms with Crippen molar-refractivity contribution in [2.45, 2.75) is 165 Å². The van der Waals surface area contributed by atoms with Crippen LogP contribution in [0.4, 0.5) is 0 Å². The molecule has 0 saturated carbocycles. The van der Waals surface area contributed by atoms with E-state index in [9.17, 15) is 36.6 Å². The van der Waals surface area contributed by atoms with E-state index in [1.165, 1.54) is 21.3 Å². The smallest absolute Gasteiger partial charge is 0.308 e. The van der Waals surface area contributed by atoms with Crippen molar-refractivity contribution in [3.63, 3.8) is 0 Å². The van der Waals surface area contributed by atoms with Crippen LogP contribution in [0, 0.1) is 11.3 Å². The molecule has 556 valence electrons. The molecule has 5 aliphatic heterocycles. The minimum absolute atomic E-state index is 0.0367. The van der Waals surface area contributed by atoms with Gasteiger partial charge in [0.1, 0.15) is 57.7 Å². The second-order valence-electron chi connectivity index (χ2n) is 26.8. The van der Waals surface area contributed by atoms with Crippen LogP contribution in [0.25, 0.3) is 0 Å². The Bertz CT molecular complexity index is 3960. The number of benzene rings is 5. The van der Waals surface area contributed by atoms with Gasteiger partial charge in [-0.2, -0.15) is 9.66 Å². The zero-order valence-corrected chi connectivity index (χ0v) is 67.3. The first-order valence-electron chi connectivity index (χ1n) is 33.0. The Balaban J connectivity index is 0.000000204. The number of halogens is 3. The van der Waals surface area contributed by atoms with Gasteiger partial charge in [0, 0.05) is 79.9 Å². The number of esters is 3. The first-order valence-corrected chi connectivity index (χ1v) is 38.8. The lowest BCUT2D eigenvalue weighted by molar-refractivity contribution is -0.144. The van der Waals surface area contributed by atoms with Gasteiger partial charge in [0.15, 0.2) is 5.78 Å². The van der Waals surface area contributed by atoms with Crippen LogP contribution in [0.15, 0.2) is 109 Å². The van der Waals surface area contributed by atoms with Crippen molar-refractivity contribution in [3.8, 4) is 46.3 Å². The molecule has 5 heterocycles. The van der Waals surface area contributed by atoms with Crippen molar-refractivity contribution < 1.29 is 84.0 Å². The zero-order valence-electron chi connectivity index (χ0n) is 60.1. The molecule has 10 rings (SSSR count). The Morgan fingerprint density at radius 3 is 1.32 bits per heavy atom. The van der Waals surface area contributed by atoms with Crippen LogP contribution in [-0.4, -0.2) is 130 Å². The lowest BCUT2D eigenvalue weighted by atomic mass is 9.81. The molecule has 5 aliphatic rings. The molecule has 1 amide bonds. The number of fused-ring (bicyclic) bond motifs is 5. The molecular formula is C73H92Br3N5O18S3. The number of carbonyl (C=O) groups is 5. The van der Waals surface area contributed by atoms with Crippen molar-refractivity contribution in [1.82, 2.24) is 14.8 Å². The summed E-state index contributed by atoms with van der Waals surface area (Å²) in [7, 11) is 0.103. The van der Waals surface area contributed by atoms with E-state index in [0.717, 1.165) is 41.6 Å². The third kappa shape index (κ3) is 23.4. The number of nitrogens with one attached hydrogen (secondary N) is 3. The molecule has 0 aliphatic carbocycles. The molecule has 5 aromatic carbocycles. The molecular weight excluding hydrogens is 1570 g/mol. The van der Waals surface area contributed by atoms with Crippen molar-refractivity contribution in [3.05, 3.63) is 132 Å². The average molecular weight is 1660 g/mol. The lowest BCUT2D eigenvalue weighted by Gasteiger charge is -2.40. The van der Waals surface area contributed by atoms with Crippen LogP contribution in [-0.2, 0) is 83.0 Å². The average Bonchev–Trinajstić information content (AvgIpc) is 0.776. The molecule has 6 atom stereocenters. The van der Waals surface area contributed by atoms with E-state index in [2.05, 4.69) is 66.9 Å². The third-order valence-electron chi connectivity index (χ3n) is 16.1. The summed E-state index contributed by atoms with van der Waals surface area (Å²) in [5.41, 5.74) is 2.29. The number of nitrogens with zero attached hydrogens (tertiary/aromatic N) is 2. The van der Waals surface area contributed by atoms with Crippen molar-refractivity contribution in [2.75, 3.05) is 67.6 Å². The fourth-order valence-electron chi connectivity index (χ4n) is 10.8. The van der Waals surface area contributed by atoms with E-state index >= 15 is 0 Å². The number of methoxy groups -OCH3 is 3. The van der Waals surface area contributed by atoms with Gasteiger partial charge >= 0.3 is 17.9 Å². The van der Waals surface area contributed by atoms with Crippen LogP contribution in [0.1, 0.15) is 167 Å². The predicted octanol–water partition coefficient (Wildman–Crippen LogP) is 13.3. The van der Waals surface area contributed by atoms with Gasteiger partial charge in [0.2, 0.25) is 5.91 Å². The second kappa shape index (κ2) is 37.8. The maximum Gasteiger partial charge on any atom is 0.308 e. The minimum Gasteiger partial charge on any atom is -0.494 e. The molecule has 0 unspecified atom stereocenters. The topological polar surface area (TPSA) is 301 Å². The quantitative estimate of drug-likeness (QED) is 0.0575. The summed E-state index contributed by atoms with van der Waals surface area (Å²) in [6.45, 7) is 24.3. The highest BCUT2D eigenvalue weighted by Crippen LogP contribution is 2.45. The highest BCUT2D eigenvalue weighted by Gasteiger charge is 2.46. The fraction of sp³-hybridized carbons (Fsp3) is 0.493. The van der Waals surface area contributed by atoms with Crippen LogP contribution < -0.4 is 47.9 Å². The standard InChI is InChI=1S/C18H27NO5S.C17H20N2O5.C16H22BrNO4S.C13H16BrNO2S.C9H7BrO2/c1-6-23-13-7-8-14-15(11-13)24-10-9-18(14,12-16(20)22-5)19-25(21)17(2,3)4;1-3-23-12-4-5-13-14(10-12)24-9-7-17(13,11-16(21)22-2)19-15(20)6-8-18;1-15(2,3)23(20)18-16(10-14(19)21-4)7-8-22-13-9-11(17)5-6-12(13)16;1-13(2,3)18(16)15-11-6-7-17-12-8-9(14)4-5-10(11)12;10-6-1-2-7-8(11)3-4-12-9(7)5-6/h7-8,11,19H,6,9-10,12H2,1-5H3;4-5,10H,3,6-7,9,11H2,1-2H3,(H,19,20);5-6,9,18H,7-8,10H2,1-4H3;4-5,8H,6-7H2,1-3H3;1-2,5H,3-4H2/t18-,25+;17-;16-,23+;18-;/m0001./s1. The SMILES string of the molecule is CC(C)(C)[S@@](=O)N=C1CCOc2cc(Br)ccc21.CCOc1ccc2c(c1)OCC[C@@]2(CC(=O)OC)NC(=O)CC#N.CCOc1ccc2c(c1)OCC[C@@]2(CC(=O)OC)N[S@](=O)C(C)(C)C.COC(=O)C[C@@]1(N[S@](=O)C(C)(C)C)CCOc2cc(Br)ccc21.O=C1CCOc2cc(Br)ccc21. The molecule has 0 aromatic heterocycles. The fourth-order valence-corrected chi connectivity index (χ4v) is 14.4. The highest BCUT2D eigenvalue weighted by atomic mass is 79.9. The van der Waals surface area contributed by atoms with Crippen molar-refractivity contribution >= 4 is 116 Å². The molecule has 0 spiro atoms. The van der Waals surface area contributed by atoms with Crippen LogP contribution >= 0.6 is 47.8 Å². The molecule has 0 saturated heterocycles. The lowest BCUT2D eigenvalue weighted by Crippen LogP contribution is -2.51. The molecule has 3 N–H and O–H groups in total. The molecule has 23 nitrogen and oxygen atoms in total. The third-order valence-corrected chi connectivity index (χ3v) is 22.4. The van der Waals surface area contributed by atoms with Gasteiger partial charge in [-0.1, -0.05) is 53.9 Å². The molecule has 0 fully saturated rings. The van der Waals surface area contributed by atoms with E-state index in [-0.39, 0.29) is 48.2 Å². The molecule has 5 aromatic rings. The zero-order chi connectivity index (χ0) is 75.4. The van der Waals surface area contributed by atoms with Gasteiger partial charge in [-0.15, -0.1) is 0 Å². The van der Waals surface area contributed by atoms with E-state index < -0.39 is 70.9 Å². The number of hydrogen-bond acceptors (Lipinski definition) is 19. The number of hydrogen-bond donors (Lipinski definition) is 3. The van der Waals surface area contributed by atoms with Crippen LogP contribution in [0.5, 0.6) is 40.2 Å². The maximum absolute atomic E-state index is 12.8. The van der Waals surface area contributed by atoms with E-state index in [0.29, 0.717) is 124 Å². The summed E-state index contributed by atoms with van der Waals surface area (Å²) < 4.78 is 103. The molecule has 0 radical (unpaired) electrons. The Kier molecular flexibility index (Phi) is 31.2. The molecule has 0 bridgehead atoms. The van der Waals surface area contributed by atoms with Gasteiger partial charge < -0.3 is 52.7 Å². The predicted molar refractivity (Wildman–Crippen MR) is 402 cm³/mol. The molecule has 102 heavy (non-hydrogen) atoms. The number of amides is 1. The van der Waals surface area contributed by atoms with Crippen LogP contribution in [0.3, 0.4) is 0 Å². The second-order valence-corrected chi connectivity index (χ2v) is 35.4. The number of rotatable bonds is 17. The first-order chi connectivity index (χ1) is 48.1. The van der Waals surface area contributed by atoms with Gasteiger partial charge in [-0.3, -0.25) is 24.0 Å². The summed E-state index contributed by atoms with van der Waals surface area (Å²) in [6, 6.07) is 29.5. The van der Waals surface area contributed by atoms with Crippen molar-refractivity contribution in [2.24, 2.45) is 4.40 Å². The van der Waals surface area contributed by atoms with E-state index in [1.807, 2.05) is 149 Å². The maximum atomic E-state index is 12.8. The Morgan fingerprint density at radius 1 is 0.520 bits per heavy atom. The summed E-state index contributed by atoms with van der Waals surface area (Å²) in [6.07, 6.45) is 2.52. The summed E-state index contributed by atoms with van der Waals surface area (Å²) in [5.74, 6) is 3.29. The van der Waals surface area contributed by atoms with Gasteiger partial charge in [0.05, 0.1) is 157 Å². The van der Waals surface area contributed by atoms with Gasteiger partial charge in [-0.05, 0) is 149 Å². The number of ketones is 1. The van der Waals surface area contributed by atoms with Crippen LogP contribution in [0.2, 0.25) is 0 Å². The van der Waals surface area contributed by atoms with Gasteiger partial charge in [0.25, 0.3) is 0 Å². The number of Topliss-reactive ketones (excluding diaryl/α,β-unsaturated/α-hetero) is 1. The van der Waals surface area contributed by atoms with Crippen molar-refractivity contribution in [1.29, 1.82) is 5.26 Å². The number of ether oxygens (including phenoxy) is 10. The Morgan fingerprint density at radius 2 is 0.892 bits per heavy atom. The number of nitriles is 1. The van der Waals surface area contributed by atoms with E-state index in [1.54, 1.807) is 24.3 Å². The Hall–Kier alpha value is -6.78. The molecule has 29 heteroatoms. The largest absolute Gasteiger partial charge is 0.494 e. The van der Waals surface area contributed by atoms with E-state index in [4.69, 9.17) is 52.6 Å².